The van der Waals surface area contributed by atoms with E-state index in [1.165, 1.54) is 50.3 Å². The quantitative estimate of drug-likeness (QED) is 0.430. The summed E-state index contributed by atoms with van der Waals surface area (Å²) in [5.74, 6) is 2.31. The van der Waals surface area contributed by atoms with Gasteiger partial charge in [-0.25, -0.2) is 0 Å². The molecule has 0 bridgehead atoms. The second kappa shape index (κ2) is 11.6. The highest BCUT2D eigenvalue weighted by Gasteiger charge is 2.21. The SMILES string of the molecule is CCC1CN(C(=NC)NCCCCN2CCN(c3ccccc3)CC2)CCS1. The van der Waals surface area contributed by atoms with Gasteiger partial charge in [-0.1, -0.05) is 25.1 Å². The summed E-state index contributed by atoms with van der Waals surface area (Å²) in [6.07, 6.45) is 3.70. The van der Waals surface area contributed by atoms with Crippen LogP contribution in [0.2, 0.25) is 0 Å². The maximum Gasteiger partial charge on any atom is 0.193 e. The molecule has 2 aliphatic rings. The number of hydrogen-bond acceptors (Lipinski definition) is 4. The molecule has 2 saturated heterocycles. The highest BCUT2D eigenvalue weighted by Crippen LogP contribution is 2.21. The average molecular weight is 404 g/mol. The summed E-state index contributed by atoms with van der Waals surface area (Å²) in [5.41, 5.74) is 1.36. The number of aliphatic imine (C=N–C) groups is 1. The molecule has 1 unspecified atom stereocenters. The van der Waals surface area contributed by atoms with Gasteiger partial charge in [0.25, 0.3) is 0 Å². The first-order chi connectivity index (χ1) is 13.8. The summed E-state index contributed by atoms with van der Waals surface area (Å²) in [4.78, 5) is 12.1. The Labute approximate surface area is 175 Å². The smallest absolute Gasteiger partial charge is 0.193 e. The standard InChI is InChI=1S/C22H37N5S/c1-3-21-19-27(17-18-28-21)22(23-2)24-11-7-8-12-25-13-15-26(16-14-25)20-9-5-4-6-10-20/h4-6,9-10,21H,3,7-8,11-19H2,1-2H3,(H,23,24). The predicted octanol–water partition coefficient (Wildman–Crippen LogP) is 2.99. The molecule has 0 spiro atoms. The fourth-order valence-electron chi connectivity index (χ4n) is 4.02. The molecule has 0 saturated carbocycles. The Hall–Kier alpha value is -1.40. The molecule has 5 nitrogen and oxygen atoms in total. The molecular formula is C22H37N5S. The Morgan fingerprint density at radius 3 is 2.61 bits per heavy atom. The summed E-state index contributed by atoms with van der Waals surface area (Å²) in [6, 6.07) is 10.8. The number of benzene rings is 1. The normalized spacial score (nSPS) is 21.8. The van der Waals surface area contributed by atoms with E-state index in [0.29, 0.717) is 0 Å². The Kier molecular flexibility index (Phi) is 8.80. The van der Waals surface area contributed by atoms with E-state index in [9.17, 15) is 0 Å². The third-order valence-electron chi connectivity index (χ3n) is 5.78. The number of anilines is 1. The van der Waals surface area contributed by atoms with Crippen molar-refractivity contribution < 1.29 is 0 Å². The molecule has 156 valence electrons. The molecule has 2 aliphatic heterocycles. The van der Waals surface area contributed by atoms with Crippen molar-refractivity contribution in [2.45, 2.75) is 31.4 Å². The molecule has 0 aliphatic carbocycles. The van der Waals surface area contributed by atoms with Crippen LogP contribution in [0.1, 0.15) is 26.2 Å². The number of nitrogens with zero attached hydrogens (tertiary/aromatic N) is 4. The number of unbranched alkanes of at least 4 members (excludes halogenated alkanes) is 1. The van der Waals surface area contributed by atoms with Gasteiger partial charge in [0.2, 0.25) is 0 Å². The number of rotatable bonds is 7. The molecule has 0 radical (unpaired) electrons. The van der Waals surface area contributed by atoms with Crippen molar-refractivity contribution in [1.29, 1.82) is 0 Å². The third-order valence-corrected chi connectivity index (χ3v) is 7.16. The Bertz CT molecular complexity index is 586. The minimum absolute atomic E-state index is 0.752. The van der Waals surface area contributed by atoms with Crippen molar-refractivity contribution in [2.75, 3.05) is 70.1 Å². The summed E-state index contributed by atoms with van der Waals surface area (Å²) < 4.78 is 0. The van der Waals surface area contributed by atoms with Gasteiger partial charge < -0.3 is 15.1 Å². The maximum atomic E-state index is 4.51. The van der Waals surface area contributed by atoms with Crippen LogP contribution >= 0.6 is 11.8 Å². The number of piperazine rings is 1. The zero-order valence-corrected chi connectivity index (χ0v) is 18.5. The average Bonchev–Trinajstić information content (AvgIpc) is 2.77. The highest BCUT2D eigenvalue weighted by atomic mass is 32.2. The van der Waals surface area contributed by atoms with Crippen molar-refractivity contribution in [2.24, 2.45) is 4.99 Å². The predicted molar refractivity (Wildman–Crippen MR) is 124 cm³/mol. The van der Waals surface area contributed by atoms with Crippen molar-refractivity contribution in [1.82, 2.24) is 15.1 Å². The first kappa shape index (κ1) is 21.3. The van der Waals surface area contributed by atoms with E-state index in [2.05, 4.69) is 74.0 Å². The number of thioether (sulfide) groups is 1. The first-order valence-corrected chi connectivity index (χ1v) is 11.9. The summed E-state index contributed by atoms with van der Waals surface area (Å²) >= 11 is 2.11. The lowest BCUT2D eigenvalue weighted by Crippen LogP contribution is -2.48. The molecule has 1 atom stereocenters. The van der Waals surface area contributed by atoms with E-state index >= 15 is 0 Å². The van der Waals surface area contributed by atoms with Gasteiger partial charge in [-0.05, 0) is 37.9 Å². The van der Waals surface area contributed by atoms with Gasteiger partial charge in [0.05, 0.1) is 0 Å². The lowest BCUT2D eigenvalue weighted by atomic mass is 10.2. The van der Waals surface area contributed by atoms with Gasteiger partial charge in [-0.3, -0.25) is 9.89 Å². The van der Waals surface area contributed by atoms with Crippen LogP contribution in [-0.4, -0.2) is 86.2 Å². The van der Waals surface area contributed by atoms with Gasteiger partial charge in [-0.2, -0.15) is 11.8 Å². The molecule has 0 aromatic heterocycles. The van der Waals surface area contributed by atoms with Gasteiger partial charge in [0, 0.05) is 69.6 Å². The van der Waals surface area contributed by atoms with E-state index in [4.69, 9.17) is 0 Å². The van der Waals surface area contributed by atoms with Crippen LogP contribution in [0.3, 0.4) is 0 Å². The van der Waals surface area contributed by atoms with Crippen LogP contribution < -0.4 is 10.2 Å². The molecule has 1 N–H and O–H groups in total. The maximum absolute atomic E-state index is 4.51. The van der Waals surface area contributed by atoms with E-state index in [0.717, 1.165) is 43.9 Å². The second-order valence-corrected chi connectivity index (χ2v) is 9.10. The second-order valence-electron chi connectivity index (χ2n) is 7.69. The van der Waals surface area contributed by atoms with Crippen LogP contribution in [0.4, 0.5) is 5.69 Å². The van der Waals surface area contributed by atoms with Crippen LogP contribution in [0, 0.1) is 0 Å². The fourth-order valence-corrected chi connectivity index (χ4v) is 5.20. The number of nitrogens with one attached hydrogen (secondary N) is 1. The van der Waals surface area contributed by atoms with E-state index in [-0.39, 0.29) is 0 Å². The summed E-state index contributed by atoms with van der Waals surface area (Å²) in [7, 11) is 1.91. The zero-order chi connectivity index (χ0) is 19.6. The minimum atomic E-state index is 0.752. The molecule has 3 rings (SSSR count). The van der Waals surface area contributed by atoms with E-state index in [1.807, 2.05) is 7.05 Å². The third kappa shape index (κ3) is 6.31. The van der Waals surface area contributed by atoms with Crippen LogP contribution in [0.15, 0.2) is 35.3 Å². The molecular weight excluding hydrogens is 366 g/mol. The zero-order valence-electron chi connectivity index (χ0n) is 17.6. The Balaban J connectivity index is 1.29. The Morgan fingerprint density at radius 1 is 1.11 bits per heavy atom. The first-order valence-electron chi connectivity index (χ1n) is 10.9. The fraction of sp³-hybridized carbons (Fsp3) is 0.682. The number of para-hydroxylation sites is 1. The monoisotopic (exact) mass is 403 g/mol. The van der Waals surface area contributed by atoms with Crippen molar-refractivity contribution in [3.63, 3.8) is 0 Å². The van der Waals surface area contributed by atoms with Crippen LogP contribution in [0.25, 0.3) is 0 Å². The lowest BCUT2D eigenvalue weighted by molar-refractivity contribution is 0.253. The van der Waals surface area contributed by atoms with Crippen molar-refractivity contribution in [3.05, 3.63) is 30.3 Å². The molecule has 1 aromatic rings. The summed E-state index contributed by atoms with van der Waals surface area (Å²) in [6.45, 7) is 11.4. The Morgan fingerprint density at radius 2 is 1.89 bits per heavy atom. The van der Waals surface area contributed by atoms with Gasteiger partial charge >= 0.3 is 0 Å². The van der Waals surface area contributed by atoms with Crippen molar-refractivity contribution in [3.8, 4) is 0 Å². The van der Waals surface area contributed by atoms with Gasteiger partial charge in [0.1, 0.15) is 0 Å². The van der Waals surface area contributed by atoms with Crippen LogP contribution in [0.5, 0.6) is 0 Å². The molecule has 1 aromatic carbocycles. The molecule has 0 amide bonds. The van der Waals surface area contributed by atoms with E-state index < -0.39 is 0 Å². The molecule has 2 heterocycles. The molecule has 2 fully saturated rings. The highest BCUT2D eigenvalue weighted by molar-refractivity contribution is 8.00. The molecule has 28 heavy (non-hydrogen) atoms. The van der Waals surface area contributed by atoms with Crippen molar-refractivity contribution >= 4 is 23.4 Å². The molecule has 6 heteroatoms. The van der Waals surface area contributed by atoms with Gasteiger partial charge in [-0.15, -0.1) is 0 Å². The number of guanidine groups is 1. The largest absolute Gasteiger partial charge is 0.369 e. The minimum Gasteiger partial charge on any atom is -0.369 e. The van der Waals surface area contributed by atoms with Crippen LogP contribution in [-0.2, 0) is 0 Å². The lowest BCUT2D eigenvalue weighted by Gasteiger charge is -2.36. The van der Waals surface area contributed by atoms with E-state index in [1.54, 1.807) is 0 Å². The van der Waals surface area contributed by atoms with Gasteiger partial charge in [0.15, 0.2) is 5.96 Å². The summed E-state index contributed by atoms with van der Waals surface area (Å²) in [5, 5.41) is 4.34. The topological polar surface area (TPSA) is 34.1 Å². The number of hydrogen-bond donors (Lipinski definition) is 1.